The molecule has 0 aromatic heterocycles. The Hall–Kier alpha value is -3.18. The number of carbonyl (C=O) groups is 2. The lowest BCUT2D eigenvalue weighted by atomic mass is 9.94. The Bertz CT molecular complexity index is 1030. The van der Waals surface area contributed by atoms with Gasteiger partial charge in [-0.2, -0.15) is 0 Å². The zero-order chi connectivity index (χ0) is 28.4. The second-order valence-corrected chi connectivity index (χ2v) is 9.84. The predicted molar refractivity (Wildman–Crippen MR) is 149 cm³/mol. The smallest absolute Gasteiger partial charge is 0.304 e. The number of aliphatic imine (C=N–C) groups is 1. The molecule has 1 aromatic carbocycles. The van der Waals surface area contributed by atoms with Crippen molar-refractivity contribution in [2.45, 2.75) is 51.5 Å². The average Bonchev–Trinajstić information content (AvgIpc) is 3.42. The van der Waals surface area contributed by atoms with E-state index in [1.807, 2.05) is 18.2 Å². The number of hydrogen-bond donors (Lipinski definition) is 1. The number of nitrogens with zero attached hydrogens (tertiary/aromatic N) is 5. The summed E-state index contributed by atoms with van der Waals surface area (Å²) in [5, 5.41) is 12.8. The number of carbonyl (C=O) groups excluding carboxylic acids is 1. The van der Waals surface area contributed by atoms with E-state index < -0.39 is 11.9 Å². The monoisotopic (exact) mass is 559 g/mol. The largest absolute Gasteiger partial charge is 0.494 e. The highest BCUT2D eigenvalue weighted by Gasteiger charge is 2.31. The summed E-state index contributed by atoms with van der Waals surface area (Å²) in [5.74, 6) is -1.02. The third-order valence-corrected chi connectivity index (χ3v) is 6.82. The fourth-order valence-corrected chi connectivity index (χ4v) is 4.78. The topological polar surface area (TPSA) is 156 Å². The number of benzene rings is 1. The third kappa shape index (κ3) is 11.5. The van der Waals surface area contributed by atoms with Gasteiger partial charge in [-0.3, -0.25) is 14.6 Å². The summed E-state index contributed by atoms with van der Waals surface area (Å²) in [6.07, 6.45) is 5.52. The molecule has 0 radical (unpaired) electrons. The van der Waals surface area contributed by atoms with E-state index in [0.717, 1.165) is 49.1 Å². The number of aliphatic carboxylic acids is 1. The van der Waals surface area contributed by atoms with Crippen LogP contribution in [0.5, 0.6) is 5.75 Å². The highest BCUT2D eigenvalue weighted by molar-refractivity contribution is 5.85. The van der Waals surface area contributed by atoms with Gasteiger partial charge >= 0.3 is 5.97 Å². The zero-order valence-electron chi connectivity index (χ0n) is 23.2. The molecule has 0 bridgehead atoms. The molecular formula is C28H41N5O7. The maximum absolute atomic E-state index is 13.2. The van der Waals surface area contributed by atoms with Crippen molar-refractivity contribution in [1.29, 1.82) is 0 Å². The second kappa shape index (κ2) is 18.2. The Morgan fingerprint density at radius 1 is 1.07 bits per heavy atom. The van der Waals surface area contributed by atoms with Crippen LogP contribution in [-0.2, 0) is 36.8 Å². The third-order valence-electron chi connectivity index (χ3n) is 6.82. The van der Waals surface area contributed by atoms with Crippen LogP contribution in [0.3, 0.4) is 0 Å². The summed E-state index contributed by atoms with van der Waals surface area (Å²) in [6, 6.07) is 5.84. The molecule has 0 spiro atoms. The standard InChI is InChI=1S/C28H41N5O7/c29-32-31-9-12-37-14-16-39-17-15-38-13-10-33-21-24-19-26(40-11-2-1-4-25-5-3-8-30-25)7-6-22(24)18-23(28(33)36)20-27(34)35/h6-7,19,23H,1-5,8-18,20-21H2,(H,34,35)/t23-/m0/s1. The number of ether oxygens (including phenoxy) is 4. The normalized spacial score (nSPS) is 16.7. The zero-order valence-corrected chi connectivity index (χ0v) is 23.2. The average molecular weight is 560 g/mol. The first-order chi connectivity index (χ1) is 19.6. The quantitative estimate of drug-likeness (QED) is 0.110. The number of carboxylic acids is 1. The number of amides is 1. The van der Waals surface area contributed by atoms with Gasteiger partial charge in [0.15, 0.2) is 0 Å². The van der Waals surface area contributed by atoms with Crippen molar-refractivity contribution in [1.82, 2.24) is 4.90 Å². The molecule has 220 valence electrons. The fourth-order valence-electron chi connectivity index (χ4n) is 4.78. The van der Waals surface area contributed by atoms with Crippen molar-refractivity contribution in [3.8, 4) is 5.75 Å². The van der Waals surface area contributed by atoms with Crippen LogP contribution in [0.25, 0.3) is 10.4 Å². The van der Waals surface area contributed by atoms with Gasteiger partial charge < -0.3 is 29.0 Å². The summed E-state index contributed by atoms with van der Waals surface area (Å²) >= 11 is 0. The van der Waals surface area contributed by atoms with E-state index in [9.17, 15) is 14.7 Å². The molecule has 2 heterocycles. The maximum atomic E-state index is 13.2. The van der Waals surface area contributed by atoms with E-state index in [0.29, 0.717) is 65.8 Å². The molecule has 0 fully saturated rings. The first-order valence-corrected chi connectivity index (χ1v) is 14.1. The molecule has 1 atom stereocenters. The molecular weight excluding hydrogens is 518 g/mol. The number of fused-ring (bicyclic) bond motifs is 1. The van der Waals surface area contributed by atoms with Crippen LogP contribution >= 0.6 is 0 Å². The van der Waals surface area contributed by atoms with Crippen molar-refractivity contribution in [2.24, 2.45) is 16.0 Å². The predicted octanol–water partition coefficient (Wildman–Crippen LogP) is 3.81. The number of carboxylic acid groups (broad SMARTS) is 1. The summed E-state index contributed by atoms with van der Waals surface area (Å²) in [4.78, 5) is 33.5. The van der Waals surface area contributed by atoms with Gasteiger partial charge in [0.05, 0.1) is 58.6 Å². The highest BCUT2D eigenvalue weighted by atomic mass is 16.5. The van der Waals surface area contributed by atoms with Crippen LogP contribution < -0.4 is 4.74 Å². The highest BCUT2D eigenvalue weighted by Crippen LogP contribution is 2.28. The number of rotatable bonds is 20. The molecule has 40 heavy (non-hydrogen) atoms. The van der Waals surface area contributed by atoms with Crippen molar-refractivity contribution < 1.29 is 33.6 Å². The molecule has 1 N–H and O–H groups in total. The Labute approximate surface area is 235 Å². The molecule has 0 saturated carbocycles. The van der Waals surface area contributed by atoms with Crippen LogP contribution in [0, 0.1) is 5.92 Å². The van der Waals surface area contributed by atoms with Gasteiger partial charge in [0, 0.05) is 36.8 Å². The Morgan fingerprint density at radius 3 is 2.58 bits per heavy atom. The van der Waals surface area contributed by atoms with Crippen molar-refractivity contribution >= 4 is 17.6 Å². The first kappa shape index (κ1) is 31.3. The van der Waals surface area contributed by atoms with Gasteiger partial charge in [-0.1, -0.05) is 11.2 Å². The molecule has 12 nitrogen and oxygen atoms in total. The molecule has 2 aliphatic rings. The van der Waals surface area contributed by atoms with Crippen molar-refractivity contribution in [3.63, 3.8) is 0 Å². The van der Waals surface area contributed by atoms with Crippen molar-refractivity contribution in [2.75, 3.05) is 65.9 Å². The molecule has 0 saturated heterocycles. The van der Waals surface area contributed by atoms with E-state index >= 15 is 0 Å². The minimum absolute atomic E-state index is 0.173. The van der Waals surface area contributed by atoms with E-state index in [1.165, 1.54) is 12.1 Å². The minimum atomic E-state index is -0.986. The molecule has 0 aliphatic carbocycles. The lowest BCUT2D eigenvalue weighted by molar-refractivity contribution is -0.145. The van der Waals surface area contributed by atoms with Crippen LogP contribution in [0.15, 0.2) is 28.3 Å². The van der Waals surface area contributed by atoms with Crippen LogP contribution in [0.2, 0.25) is 0 Å². The van der Waals surface area contributed by atoms with Gasteiger partial charge in [0.25, 0.3) is 0 Å². The van der Waals surface area contributed by atoms with E-state index in [4.69, 9.17) is 24.5 Å². The van der Waals surface area contributed by atoms with E-state index in [-0.39, 0.29) is 18.9 Å². The van der Waals surface area contributed by atoms with Gasteiger partial charge in [0.1, 0.15) is 5.75 Å². The van der Waals surface area contributed by atoms with E-state index in [1.54, 1.807) is 4.90 Å². The molecule has 1 amide bonds. The number of unbranched alkanes of at least 4 members (excludes halogenated alkanes) is 1. The SMILES string of the molecule is [N-]=[N+]=NCCOCCOCCOCCN1Cc2cc(OCCCCC3=NCCC3)ccc2C[C@@H](CC(=O)O)C1=O. The minimum Gasteiger partial charge on any atom is -0.494 e. The summed E-state index contributed by atoms with van der Waals surface area (Å²) < 4.78 is 22.4. The maximum Gasteiger partial charge on any atom is 0.304 e. The Morgan fingerprint density at radius 2 is 1.85 bits per heavy atom. The van der Waals surface area contributed by atoms with E-state index in [2.05, 4.69) is 15.0 Å². The molecule has 1 aromatic rings. The van der Waals surface area contributed by atoms with Crippen LogP contribution in [0.1, 0.15) is 49.7 Å². The molecule has 2 aliphatic heterocycles. The summed E-state index contributed by atoms with van der Waals surface area (Å²) in [7, 11) is 0. The van der Waals surface area contributed by atoms with Gasteiger partial charge in [-0.05, 0) is 67.3 Å². The van der Waals surface area contributed by atoms with Crippen LogP contribution in [-0.4, -0.2) is 93.5 Å². The lowest BCUT2D eigenvalue weighted by Crippen LogP contribution is -2.37. The summed E-state index contributed by atoms with van der Waals surface area (Å²) in [5.41, 5.74) is 11.5. The Balaban J connectivity index is 1.43. The van der Waals surface area contributed by atoms with Crippen LogP contribution in [0.4, 0.5) is 0 Å². The molecule has 12 heteroatoms. The molecule has 3 rings (SSSR count). The summed E-state index contributed by atoms with van der Waals surface area (Å²) in [6.45, 7) is 4.82. The lowest BCUT2D eigenvalue weighted by Gasteiger charge is -2.24. The fraction of sp³-hybridized carbons (Fsp3) is 0.679. The van der Waals surface area contributed by atoms with Gasteiger partial charge in [-0.15, -0.1) is 0 Å². The second-order valence-electron chi connectivity index (χ2n) is 9.84. The number of hydrogen-bond acceptors (Lipinski definition) is 8. The van der Waals surface area contributed by atoms with Gasteiger partial charge in [-0.25, -0.2) is 0 Å². The Kier molecular flexibility index (Phi) is 14.3. The number of azide groups is 1. The van der Waals surface area contributed by atoms with Crippen molar-refractivity contribution in [3.05, 3.63) is 39.8 Å². The molecule has 0 unspecified atom stereocenters. The van der Waals surface area contributed by atoms with Gasteiger partial charge in [0.2, 0.25) is 5.91 Å². The first-order valence-electron chi connectivity index (χ1n) is 14.1.